The first-order valence-corrected chi connectivity index (χ1v) is 8.54. The summed E-state index contributed by atoms with van der Waals surface area (Å²) in [5.41, 5.74) is 3.88. The van der Waals surface area contributed by atoms with Crippen LogP contribution < -0.4 is 11.1 Å². The molecule has 2 rings (SSSR count). The quantitative estimate of drug-likeness (QED) is 0.288. The molecule has 0 spiro atoms. The molecule has 0 saturated carbocycles. The van der Waals surface area contributed by atoms with Crippen molar-refractivity contribution < 1.29 is 45.5 Å². The van der Waals surface area contributed by atoms with Crippen molar-refractivity contribution >= 4 is 63.3 Å². The molecule has 0 heterocycles. The van der Waals surface area contributed by atoms with E-state index in [-0.39, 0.29) is 16.8 Å². The number of hydrogen-bond donors (Lipinski definition) is 3. The molecule has 2 aromatic rings. The van der Waals surface area contributed by atoms with Gasteiger partial charge < -0.3 is 16.2 Å². The second-order valence-corrected chi connectivity index (χ2v) is 5.42. The number of aliphatic carboxylic acids is 1. The van der Waals surface area contributed by atoms with Gasteiger partial charge in [0.05, 0.1) is 11.3 Å². The molecule has 0 aliphatic carbocycles. The highest BCUT2D eigenvalue weighted by Gasteiger charge is 2.04. The van der Waals surface area contributed by atoms with Gasteiger partial charge in [-0.05, 0) is 61.3 Å². The van der Waals surface area contributed by atoms with Crippen LogP contribution in [-0.4, -0.2) is 33.9 Å². The molecule has 0 bridgehead atoms. The van der Waals surface area contributed by atoms with E-state index in [1.807, 2.05) is 5.32 Å². The van der Waals surface area contributed by atoms with E-state index in [4.69, 9.17) is 56.4 Å². The molecule has 6 nitrogen and oxygen atoms in total. The summed E-state index contributed by atoms with van der Waals surface area (Å²) in [5.74, 6) is -8.04. The summed E-state index contributed by atoms with van der Waals surface area (Å²) in [4.78, 5) is 31.2. The van der Waals surface area contributed by atoms with Gasteiger partial charge in [0.15, 0.2) is 0 Å². The van der Waals surface area contributed by atoms with Gasteiger partial charge in [-0.15, -0.1) is 23.2 Å². The average molecular weight is 512 g/mol. The molecule has 9 heteroatoms. The number of nitrogens with two attached hydrogens (primary N) is 1. The van der Waals surface area contributed by atoms with Crippen LogP contribution >= 0.6 is 34.8 Å². The highest BCUT2D eigenvalue weighted by Crippen LogP contribution is 2.19. The maximum Gasteiger partial charge on any atom is 0.300 e. The zero-order valence-electron chi connectivity index (χ0n) is 35.3. The van der Waals surface area contributed by atoms with Gasteiger partial charge >= 0.3 is 0 Å². The molecule has 0 aliphatic rings. The van der Waals surface area contributed by atoms with Gasteiger partial charge in [0.25, 0.3) is 7.40 Å². The largest absolute Gasteiger partial charge is 0.481 e. The summed E-state index contributed by atoms with van der Waals surface area (Å²) in [6.45, 7) is -12.9. The van der Waals surface area contributed by atoms with E-state index in [2.05, 4.69) is 16.7 Å². The van der Waals surface area contributed by atoms with Crippen molar-refractivity contribution in [1.29, 1.82) is 1.43 Å². The van der Waals surface area contributed by atoms with Gasteiger partial charge in [-0.3, -0.25) is 14.4 Å². The number of alkyl halides is 2. The Hall–Kier alpha value is -2.28. The molecule has 31 heavy (non-hydrogen) atoms. The van der Waals surface area contributed by atoms with Crippen molar-refractivity contribution in [3.63, 3.8) is 0 Å². The summed E-state index contributed by atoms with van der Waals surface area (Å²) >= 11 is 14.5. The molecule has 0 aliphatic heterocycles. The molecule has 0 atom stereocenters. The standard InChI is InChI=1S/C10H12ClNO.C8H11N.C2H2Cl2O.C2H4O2/c1-7-4-3-5-8(2)10(7)12-9(13)6-11;1-6-4-3-5-7(2)8(6)9;3-1-2(4)5;1-2(3)4/h3-5H,6H2,1-2H3,(H,12,13);3-5H,9H2,1-2H3;1H2;1H3,(H,3,4)/i1D3,2D3,6D2;1D3,2D3;1D2;1D3/hD. The number of carbonyl (C=O) groups is 3. The number of carbonyl (C=O) groups excluding carboxylic acids is 2. The zero-order chi connectivity index (χ0) is 41.4. The van der Waals surface area contributed by atoms with E-state index in [1.165, 1.54) is 24.3 Å². The lowest BCUT2D eigenvalue weighted by Gasteiger charge is -2.09. The van der Waals surface area contributed by atoms with Crippen molar-refractivity contribution in [1.82, 2.24) is 0 Å². The number of anilines is 2. The normalized spacial score (nSPS) is 21.3. The smallest absolute Gasteiger partial charge is 0.300 e. The average Bonchev–Trinajstić information content (AvgIpc) is 2.89. The van der Waals surface area contributed by atoms with Crippen LogP contribution in [0.1, 0.15) is 55.2 Å². The number of carboxylic acid groups (broad SMARTS) is 1. The predicted molar refractivity (Wildman–Crippen MR) is 130 cm³/mol. The van der Waals surface area contributed by atoms with E-state index in [9.17, 15) is 14.4 Å². The number of carboxylic acids is 1. The first-order chi connectivity index (χ1) is 22.3. The van der Waals surface area contributed by atoms with Crippen LogP contribution in [0.5, 0.6) is 0 Å². The van der Waals surface area contributed by atoms with Gasteiger partial charge in [-0.2, -0.15) is 0 Å². The highest BCUT2D eigenvalue weighted by atomic mass is 35.5. The lowest BCUT2D eigenvalue weighted by Crippen LogP contribution is -2.14. The Morgan fingerprint density at radius 3 is 1.74 bits per heavy atom. The lowest BCUT2D eigenvalue weighted by atomic mass is 10.1. The van der Waals surface area contributed by atoms with Gasteiger partial charge in [0, 0.05) is 38.8 Å². The number of nitrogen functional groups attached to an aromatic ring is 1. The van der Waals surface area contributed by atoms with Crippen LogP contribution in [0.4, 0.5) is 11.4 Å². The van der Waals surface area contributed by atoms with Crippen LogP contribution in [0.3, 0.4) is 0 Å². The molecule has 1 amide bonds. The maximum atomic E-state index is 11.6. The van der Waals surface area contributed by atoms with Crippen LogP contribution in [0, 0.1) is 27.4 Å². The highest BCUT2D eigenvalue weighted by molar-refractivity contribution is 6.67. The number of halogens is 3. The number of nitrogens with one attached hydrogen (secondary N) is 1. The third-order valence-electron chi connectivity index (χ3n) is 2.57. The Morgan fingerprint density at radius 1 is 1.00 bits per heavy atom. The molecule has 0 radical (unpaired) electrons. The maximum absolute atomic E-state index is 11.6. The summed E-state index contributed by atoms with van der Waals surface area (Å²) in [6, 6.07) is 7.55. The first-order valence-electron chi connectivity index (χ1n) is 17.3. The predicted octanol–water partition coefficient (Wildman–Crippen LogP) is 5.45. The van der Waals surface area contributed by atoms with Crippen molar-refractivity contribution in [3.05, 3.63) is 58.7 Å². The Bertz CT molecular complexity index is 1430. The third kappa shape index (κ3) is 16.1. The van der Waals surface area contributed by atoms with Crippen LogP contribution in [0.15, 0.2) is 36.4 Å². The number of aryl methyl sites for hydroxylation is 4. The minimum atomic E-state index is -2.80. The molecular formula is C22H29Cl3N2O4. The van der Waals surface area contributed by atoms with Crippen molar-refractivity contribution in [3.8, 4) is 0 Å². The fourth-order valence-electron chi connectivity index (χ4n) is 1.39. The van der Waals surface area contributed by atoms with Crippen molar-refractivity contribution in [2.45, 2.75) is 34.3 Å². The minimum absolute atomic E-state index is 0.115. The van der Waals surface area contributed by atoms with Crippen LogP contribution in [0.25, 0.3) is 1.43 Å². The van der Waals surface area contributed by atoms with E-state index < -0.39 is 79.9 Å². The number of amides is 1. The fourth-order valence-corrected chi connectivity index (χ4v) is 1.44. The number of para-hydroxylation sites is 2. The third-order valence-corrected chi connectivity index (χ3v) is 3.10. The van der Waals surface area contributed by atoms with Gasteiger partial charge in [-0.1, -0.05) is 36.4 Å². The fraction of sp³-hybridized carbons (Fsp3) is 0.318. The molecule has 0 fully saturated rings. The van der Waals surface area contributed by atoms with Crippen LogP contribution in [0.2, 0.25) is 0 Å². The van der Waals surface area contributed by atoms with Crippen molar-refractivity contribution in [2.75, 3.05) is 22.7 Å². The summed E-state index contributed by atoms with van der Waals surface area (Å²) < 4.78 is 139. The Balaban J connectivity index is 0. The lowest BCUT2D eigenvalue weighted by molar-refractivity contribution is -0.134. The van der Waals surface area contributed by atoms with E-state index in [0.29, 0.717) is 0 Å². The van der Waals surface area contributed by atoms with Gasteiger partial charge in [-0.25, -0.2) is 0 Å². The molecule has 0 aromatic heterocycles. The Kier molecular flexibility index (Phi) is 5.68. The molecule has 0 unspecified atom stereocenters. The summed E-state index contributed by atoms with van der Waals surface area (Å²) in [5, 5.41) is 3.94. The monoisotopic (exact) mass is 510 g/mol. The van der Waals surface area contributed by atoms with E-state index >= 15 is 0 Å². The Morgan fingerprint density at radius 2 is 1.45 bits per heavy atom. The molecular weight excluding hydrogens is 463 g/mol. The van der Waals surface area contributed by atoms with E-state index in [0.717, 1.165) is 12.1 Å². The summed E-state index contributed by atoms with van der Waals surface area (Å²) in [7, 11) is 0. The van der Waals surface area contributed by atoms with Gasteiger partial charge in [0.1, 0.15) is 5.83 Å². The summed E-state index contributed by atoms with van der Waals surface area (Å²) in [6.07, 6.45) is 0. The SMILES string of the molecule is [2H]C([2H])(Cl)C(=O)Cl.[2H]C([2H])(Cl)C(=O)Nc1c(C([2H])([2H])[2H])cccc1C([2H])([2H])[2H].[2H]C([2H])([2H])c1cccc(C([2H])([2H])[2H])c1N.[2H]OC(=O)C([2H])([2H])[2H]. The van der Waals surface area contributed by atoms with Gasteiger partial charge in [0.2, 0.25) is 11.1 Å². The van der Waals surface area contributed by atoms with Crippen molar-refractivity contribution in [2.24, 2.45) is 0 Å². The number of rotatable bonds is 3. The van der Waals surface area contributed by atoms with Crippen LogP contribution in [-0.2, 0) is 14.4 Å². The van der Waals surface area contributed by atoms with E-state index in [1.54, 1.807) is 0 Å². The number of hydrogen-bond acceptors (Lipinski definition) is 5. The molecule has 0 saturated heterocycles. The molecule has 2 aromatic carbocycles. The minimum Gasteiger partial charge on any atom is -0.481 e. The second kappa shape index (κ2) is 17.4. The zero-order valence-corrected chi connectivity index (χ0v) is 17.6. The second-order valence-electron chi connectivity index (χ2n) is 4.70. The topological polar surface area (TPSA) is 109 Å². The first kappa shape index (κ1) is 10.1. The Labute approximate surface area is 226 Å². The molecule has 4 N–H and O–H groups in total. The number of benzene rings is 2. The molecule has 172 valence electrons.